The van der Waals surface area contributed by atoms with E-state index in [1.165, 1.54) is 40.1 Å². The van der Waals surface area contributed by atoms with Crippen LogP contribution in [0.4, 0.5) is 14.6 Å². The zero-order valence-electron chi connectivity index (χ0n) is 22.3. The highest BCUT2D eigenvalue weighted by atomic mass is 32.2. The number of anilines is 1. The molecular formula is C30H28F2N4O3S2. The number of hydrogen-bond acceptors (Lipinski definition) is 6. The molecule has 0 aliphatic carbocycles. The monoisotopic (exact) mass is 594 g/mol. The zero-order valence-corrected chi connectivity index (χ0v) is 23.9. The molecule has 2 aromatic carbocycles. The number of thioether (sulfide) groups is 1. The molecule has 11 heteroatoms. The lowest BCUT2D eigenvalue weighted by Crippen LogP contribution is -2.44. The molecule has 1 fully saturated rings. The highest BCUT2D eigenvalue weighted by Gasteiger charge is 2.39. The fraction of sp³-hybridized carbons (Fsp3) is 0.300. The van der Waals surface area contributed by atoms with E-state index in [0.717, 1.165) is 35.0 Å². The van der Waals surface area contributed by atoms with E-state index in [4.69, 9.17) is 9.84 Å². The van der Waals surface area contributed by atoms with E-state index >= 15 is 4.39 Å². The van der Waals surface area contributed by atoms with Gasteiger partial charge in [0.25, 0.3) is 0 Å². The van der Waals surface area contributed by atoms with E-state index in [9.17, 15) is 14.0 Å². The summed E-state index contributed by atoms with van der Waals surface area (Å²) in [7, 11) is 0. The predicted octanol–water partition coefficient (Wildman–Crippen LogP) is 5.65. The molecule has 0 unspecified atom stereocenters. The summed E-state index contributed by atoms with van der Waals surface area (Å²) in [5.41, 5.74) is 3.07. The molecule has 0 saturated carbocycles. The van der Waals surface area contributed by atoms with Gasteiger partial charge < -0.3 is 10.1 Å². The van der Waals surface area contributed by atoms with Gasteiger partial charge in [0.2, 0.25) is 11.8 Å². The number of para-hydroxylation sites is 1. The van der Waals surface area contributed by atoms with Crippen LogP contribution in [-0.4, -0.2) is 53.1 Å². The van der Waals surface area contributed by atoms with Crippen molar-refractivity contribution in [3.05, 3.63) is 88.3 Å². The maximum Gasteiger partial charge on any atom is 0.240 e. The van der Waals surface area contributed by atoms with Gasteiger partial charge in [-0.05, 0) is 48.9 Å². The summed E-state index contributed by atoms with van der Waals surface area (Å²) < 4.78 is 36.6. The van der Waals surface area contributed by atoms with Gasteiger partial charge in [-0.25, -0.2) is 13.5 Å². The van der Waals surface area contributed by atoms with Crippen LogP contribution in [0.25, 0.3) is 16.3 Å². The number of thiophene rings is 1. The third-order valence-electron chi connectivity index (χ3n) is 7.28. The van der Waals surface area contributed by atoms with Crippen LogP contribution in [0.2, 0.25) is 0 Å². The van der Waals surface area contributed by atoms with Crippen molar-refractivity contribution in [2.45, 2.75) is 31.1 Å². The lowest BCUT2D eigenvalue weighted by Gasteiger charge is -2.24. The number of rotatable bonds is 7. The summed E-state index contributed by atoms with van der Waals surface area (Å²) in [5.74, 6) is -1.62. The summed E-state index contributed by atoms with van der Waals surface area (Å²) in [5, 5.41) is 9.16. The number of ether oxygens (including phenoxy) is 1. The second kappa shape index (κ2) is 11.8. The molecule has 1 N–H and O–H groups in total. The third-order valence-corrected chi connectivity index (χ3v) is 9.40. The average Bonchev–Trinajstić information content (AvgIpc) is 3.72. The van der Waals surface area contributed by atoms with Crippen LogP contribution in [0.5, 0.6) is 0 Å². The van der Waals surface area contributed by atoms with E-state index < -0.39 is 16.9 Å². The minimum Gasteiger partial charge on any atom is -0.376 e. The molecule has 6 rings (SSSR count). The first kappa shape index (κ1) is 27.6. The molecule has 2 amide bonds. The maximum atomic E-state index is 15.3. The molecule has 212 valence electrons. The van der Waals surface area contributed by atoms with E-state index in [1.54, 1.807) is 4.68 Å². The number of hydrogen-bond donors (Lipinski definition) is 1. The standard InChI is InChI=1S/C30H28F2N4O3S2/c1-18-6-2-3-8-23(18)36-30-27(28(34-36)24-9-5-13-40-24)29(21-11-10-19(31)14-22(21)32)41-17-26(38)35(30)16-25(37)33-15-20-7-4-12-39-20/h2-3,5-6,8-11,13-14,20,29H,4,7,12,15-17H2,1H3,(H,33,37)/t20-,29-/m0/s1. The highest BCUT2D eigenvalue weighted by Crippen LogP contribution is 2.49. The van der Waals surface area contributed by atoms with Crippen molar-refractivity contribution in [3.8, 4) is 16.3 Å². The number of nitrogens with zero attached hydrogens (tertiary/aromatic N) is 3. The van der Waals surface area contributed by atoms with E-state index in [0.29, 0.717) is 30.2 Å². The van der Waals surface area contributed by atoms with Crippen LogP contribution in [0.1, 0.15) is 34.8 Å². The fourth-order valence-electron chi connectivity index (χ4n) is 5.28. The predicted molar refractivity (Wildman–Crippen MR) is 157 cm³/mol. The Balaban J connectivity index is 1.53. The zero-order chi connectivity index (χ0) is 28.5. The van der Waals surface area contributed by atoms with Crippen molar-refractivity contribution >= 4 is 40.7 Å². The van der Waals surface area contributed by atoms with E-state index in [-0.39, 0.29) is 35.8 Å². The van der Waals surface area contributed by atoms with Gasteiger partial charge in [-0.3, -0.25) is 14.5 Å². The SMILES string of the molecule is Cc1ccccc1-n1nc(-c2cccs2)c2c1N(CC(=O)NC[C@@H]1CCCO1)C(=O)CS[C@H]2c1ccc(F)cc1F. The normalized spacial score (nSPS) is 18.8. The van der Waals surface area contributed by atoms with Gasteiger partial charge in [-0.2, -0.15) is 5.10 Å². The fourth-order valence-corrected chi connectivity index (χ4v) is 7.22. The minimum absolute atomic E-state index is 0.00711. The van der Waals surface area contributed by atoms with Crippen LogP contribution in [0.15, 0.2) is 60.0 Å². The number of benzene rings is 2. The molecule has 0 radical (unpaired) electrons. The van der Waals surface area contributed by atoms with Crippen molar-refractivity contribution in [1.29, 1.82) is 0 Å². The molecule has 0 spiro atoms. The smallest absolute Gasteiger partial charge is 0.240 e. The lowest BCUT2D eigenvalue weighted by atomic mass is 10.0. The molecular weight excluding hydrogens is 566 g/mol. The number of aromatic nitrogens is 2. The first-order chi connectivity index (χ1) is 19.9. The Hall–Kier alpha value is -3.54. The van der Waals surface area contributed by atoms with Crippen molar-refractivity contribution in [1.82, 2.24) is 15.1 Å². The largest absolute Gasteiger partial charge is 0.376 e. The Bertz CT molecular complexity index is 1580. The summed E-state index contributed by atoms with van der Waals surface area (Å²) in [6, 6.07) is 14.9. The Kier molecular flexibility index (Phi) is 7.92. The first-order valence-corrected chi connectivity index (χ1v) is 15.3. The Labute approximate surface area is 244 Å². The number of nitrogens with one attached hydrogen (secondary N) is 1. The summed E-state index contributed by atoms with van der Waals surface area (Å²) in [6.07, 6.45) is 1.78. The van der Waals surface area contributed by atoms with Gasteiger partial charge in [0.05, 0.1) is 27.7 Å². The lowest BCUT2D eigenvalue weighted by molar-refractivity contribution is -0.123. The molecule has 4 heterocycles. The van der Waals surface area contributed by atoms with Gasteiger partial charge >= 0.3 is 0 Å². The van der Waals surface area contributed by atoms with Gasteiger partial charge in [0, 0.05) is 30.3 Å². The highest BCUT2D eigenvalue weighted by molar-refractivity contribution is 8.00. The van der Waals surface area contributed by atoms with E-state index in [1.807, 2.05) is 48.7 Å². The Morgan fingerprint density at radius 1 is 1.17 bits per heavy atom. The van der Waals surface area contributed by atoms with Gasteiger partial charge in [-0.1, -0.05) is 30.3 Å². The molecule has 2 aliphatic rings. The Morgan fingerprint density at radius 3 is 2.76 bits per heavy atom. The molecule has 41 heavy (non-hydrogen) atoms. The number of aryl methyl sites for hydroxylation is 1. The average molecular weight is 595 g/mol. The van der Waals surface area contributed by atoms with Crippen molar-refractivity contribution < 1.29 is 23.1 Å². The van der Waals surface area contributed by atoms with E-state index in [2.05, 4.69) is 5.32 Å². The van der Waals surface area contributed by atoms with Gasteiger partial charge in [0.15, 0.2) is 0 Å². The van der Waals surface area contributed by atoms with Crippen molar-refractivity contribution in [2.24, 2.45) is 0 Å². The summed E-state index contributed by atoms with van der Waals surface area (Å²) in [6.45, 7) is 2.74. The number of halogens is 2. The van der Waals surface area contributed by atoms with Crippen LogP contribution in [0.3, 0.4) is 0 Å². The molecule has 4 aromatic rings. The number of amides is 2. The van der Waals surface area contributed by atoms with Crippen LogP contribution in [0, 0.1) is 18.6 Å². The number of carbonyl (C=O) groups excluding carboxylic acids is 2. The molecule has 2 aromatic heterocycles. The minimum atomic E-state index is -0.704. The van der Waals surface area contributed by atoms with Crippen LogP contribution in [-0.2, 0) is 14.3 Å². The number of fused-ring (bicyclic) bond motifs is 1. The summed E-state index contributed by atoms with van der Waals surface area (Å²) in [4.78, 5) is 29.3. The Morgan fingerprint density at radius 2 is 2.02 bits per heavy atom. The molecule has 1 saturated heterocycles. The third kappa shape index (κ3) is 5.53. The molecule has 0 bridgehead atoms. The molecule has 2 atom stereocenters. The molecule has 2 aliphatic heterocycles. The van der Waals surface area contributed by atoms with Crippen LogP contribution >= 0.6 is 23.1 Å². The summed E-state index contributed by atoms with van der Waals surface area (Å²) >= 11 is 2.72. The first-order valence-electron chi connectivity index (χ1n) is 13.4. The maximum absolute atomic E-state index is 15.3. The van der Waals surface area contributed by atoms with Gasteiger partial charge in [-0.15, -0.1) is 23.1 Å². The second-order valence-electron chi connectivity index (χ2n) is 10.0. The van der Waals surface area contributed by atoms with Crippen LogP contribution < -0.4 is 10.2 Å². The van der Waals surface area contributed by atoms with Gasteiger partial charge in [0.1, 0.15) is 29.7 Å². The van der Waals surface area contributed by atoms with Crippen molar-refractivity contribution in [3.63, 3.8) is 0 Å². The molecule has 7 nitrogen and oxygen atoms in total. The number of carbonyl (C=O) groups is 2. The quantitative estimate of drug-likeness (QED) is 0.299. The topological polar surface area (TPSA) is 76.5 Å². The van der Waals surface area contributed by atoms with Crippen molar-refractivity contribution in [2.75, 3.05) is 30.3 Å². The second-order valence-corrected chi connectivity index (χ2v) is 12.1.